The number of nitrogens with one attached hydrogen (secondary N) is 3. The van der Waals surface area contributed by atoms with Crippen molar-refractivity contribution < 1.29 is 68.4 Å². The molecule has 314 valence electrons. The third kappa shape index (κ3) is 17.7. The zero-order valence-corrected chi connectivity index (χ0v) is 34.0. The van der Waals surface area contributed by atoms with Crippen molar-refractivity contribution in [2.75, 3.05) is 6.54 Å². The fourth-order valence-electron chi connectivity index (χ4n) is 5.87. The second kappa shape index (κ2) is 25.0. The van der Waals surface area contributed by atoms with Crippen LogP contribution >= 0.6 is 22.6 Å². The van der Waals surface area contributed by atoms with Crippen LogP contribution in [0.15, 0.2) is 48.5 Å². The number of ketones is 3. The first-order valence-corrected chi connectivity index (χ1v) is 19.7. The summed E-state index contributed by atoms with van der Waals surface area (Å²) in [6, 6.07) is 9.64. The predicted octanol–water partition coefficient (Wildman–Crippen LogP) is 3.90. The molecule has 0 aromatic heterocycles. The number of hydrogen-bond acceptors (Lipinski definition) is 10. The molecule has 0 radical (unpaired) electrons. The second-order valence-corrected chi connectivity index (χ2v) is 14.8. The van der Waals surface area contributed by atoms with Crippen LogP contribution in [0.5, 0.6) is 0 Å². The Labute approximate surface area is 347 Å². The first kappa shape index (κ1) is 48.6. The molecule has 0 aliphatic carbocycles. The molecule has 18 heteroatoms. The molecule has 4 atom stereocenters. The Kier molecular flexibility index (Phi) is 20.9. The quantitative estimate of drug-likeness (QED) is 0.0362. The van der Waals surface area contributed by atoms with E-state index in [-0.39, 0.29) is 55.0 Å². The van der Waals surface area contributed by atoms with Crippen LogP contribution in [-0.2, 0) is 33.6 Å². The van der Waals surface area contributed by atoms with Gasteiger partial charge in [0.05, 0.1) is 6.04 Å². The lowest BCUT2D eigenvalue weighted by atomic mass is 9.89. The lowest BCUT2D eigenvalue weighted by Gasteiger charge is -2.24. The summed E-state index contributed by atoms with van der Waals surface area (Å²) in [6.45, 7) is 1.85. The van der Waals surface area contributed by atoms with Crippen molar-refractivity contribution in [2.24, 2.45) is 11.8 Å². The van der Waals surface area contributed by atoms with E-state index in [0.717, 1.165) is 3.57 Å². The molecule has 0 aliphatic heterocycles. The molecule has 0 bridgehead atoms. The standard InChI is InChI=1S/C40H48IN3O14/c1-2-31(45)23-7-5-8-24(19-23)32(46)21-26(12-15-34(48)49)38(55)43-29(14-17-36(52)53)33(47)22-27(13-16-35(50)51)39(56)44-30(40(57)58)11-3-4-18-42-37(54)25-9-6-10-28(41)20-25/h5-10,19-20,26-27,29-30H,2-4,11-18,21-22H2,1H3,(H,42,54)(H,43,55)(H,44,56)(H,48,49)(H,50,51)(H,52,53)(H,57,58)/t26-,27-,29+,30+/m0/s1. The number of unbranched alkanes of at least 4 members (excludes halogenated alkanes) is 1. The van der Waals surface area contributed by atoms with Crippen LogP contribution in [0.1, 0.15) is 115 Å². The Hall–Kier alpha value is -5.53. The van der Waals surface area contributed by atoms with Crippen LogP contribution in [-0.4, -0.2) is 98.0 Å². The molecule has 0 saturated heterocycles. The summed E-state index contributed by atoms with van der Waals surface area (Å²) in [6.07, 6.45) is -3.58. The maximum Gasteiger partial charge on any atom is 0.326 e. The summed E-state index contributed by atoms with van der Waals surface area (Å²) in [7, 11) is 0. The lowest BCUT2D eigenvalue weighted by molar-refractivity contribution is -0.144. The second-order valence-electron chi connectivity index (χ2n) is 13.6. The Morgan fingerprint density at radius 1 is 0.603 bits per heavy atom. The van der Waals surface area contributed by atoms with Gasteiger partial charge in [-0.15, -0.1) is 0 Å². The highest BCUT2D eigenvalue weighted by Gasteiger charge is 2.33. The fraction of sp³-hybridized carbons (Fsp3) is 0.450. The average molecular weight is 922 g/mol. The highest BCUT2D eigenvalue weighted by Crippen LogP contribution is 2.21. The number of hydrogen-bond donors (Lipinski definition) is 7. The van der Waals surface area contributed by atoms with Crippen molar-refractivity contribution in [3.05, 3.63) is 68.8 Å². The van der Waals surface area contributed by atoms with Crippen molar-refractivity contribution in [1.29, 1.82) is 0 Å². The molecule has 7 N–H and O–H groups in total. The van der Waals surface area contributed by atoms with Crippen molar-refractivity contribution >= 4 is 81.5 Å². The van der Waals surface area contributed by atoms with Gasteiger partial charge >= 0.3 is 23.9 Å². The number of carbonyl (C=O) groups is 10. The van der Waals surface area contributed by atoms with Crippen LogP contribution in [0.4, 0.5) is 0 Å². The molecule has 0 spiro atoms. The monoisotopic (exact) mass is 921 g/mol. The number of carboxylic acid groups (broad SMARTS) is 4. The maximum atomic E-state index is 13.7. The molecule has 0 saturated carbocycles. The van der Waals surface area contributed by atoms with Crippen molar-refractivity contribution in [2.45, 2.75) is 96.1 Å². The van der Waals surface area contributed by atoms with Gasteiger partial charge in [-0.25, -0.2) is 4.79 Å². The largest absolute Gasteiger partial charge is 0.481 e. The van der Waals surface area contributed by atoms with Gasteiger partial charge in [0.25, 0.3) is 5.91 Å². The summed E-state index contributed by atoms with van der Waals surface area (Å²) in [4.78, 5) is 125. The minimum atomic E-state index is -1.57. The summed E-state index contributed by atoms with van der Waals surface area (Å²) in [5, 5.41) is 45.3. The summed E-state index contributed by atoms with van der Waals surface area (Å²) in [5.41, 5.74) is 0.795. The molecular formula is C40H48IN3O14. The van der Waals surface area contributed by atoms with Crippen LogP contribution in [0.25, 0.3) is 0 Å². The van der Waals surface area contributed by atoms with E-state index in [9.17, 15) is 68.4 Å². The van der Waals surface area contributed by atoms with Gasteiger partial charge in [-0.3, -0.25) is 43.2 Å². The van der Waals surface area contributed by atoms with Crippen molar-refractivity contribution in [3.63, 3.8) is 0 Å². The maximum absolute atomic E-state index is 13.7. The number of carboxylic acids is 4. The van der Waals surface area contributed by atoms with E-state index < -0.39 is 116 Å². The van der Waals surface area contributed by atoms with E-state index in [1.165, 1.54) is 24.3 Å². The highest BCUT2D eigenvalue weighted by atomic mass is 127. The van der Waals surface area contributed by atoms with Gasteiger partial charge in [0.2, 0.25) is 11.8 Å². The van der Waals surface area contributed by atoms with Crippen LogP contribution in [0.2, 0.25) is 0 Å². The van der Waals surface area contributed by atoms with Gasteiger partial charge in [0.15, 0.2) is 17.3 Å². The number of halogens is 1. The molecule has 0 heterocycles. The molecule has 17 nitrogen and oxygen atoms in total. The van der Waals surface area contributed by atoms with Gasteiger partial charge in [-0.2, -0.15) is 0 Å². The Bertz CT molecular complexity index is 1850. The predicted molar refractivity (Wildman–Crippen MR) is 214 cm³/mol. The summed E-state index contributed by atoms with van der Waals surface area (Å²) in [5.74, 6) is -12.0. The van der Waals surface area contributed by atoms with E-state index in [0.29, 0.717) is 12.0 Å². The van der Waals surface area contributed by atoms with E-state index >= 15 is 0 Å². The number of rotatable bonds is 28. The molecular weight excluding hydrogens is 873 g/mol. The van der Waals surface area contributed by atoms with Crippen LogP contribution in [0.3, 0.4) is 0 Å². The lowest BCUT2D eigenvalue weighted by Crippen LogP contribution is -2.47. The molecule has 58 heavy (non-hydrogen) atoms. The van der Waals surface area contributed by atoms with Crippen LogP contribution < -0.4 is 16.0 Å². The number of benzene rings is 2. The molecule has 2 aromatic rings. The molecule has 0 unspecified atom stereocenters. The number of aliphatic carboxylic acids is 4. The highest BCUT2D eigenvalue weighted by molar-refractivity contribution is 14.1. The van der Waals surface area contributed by atoms with Gasteiger partial charge < -0.3 is 36.4 Å². The molecule has 0 fully saturated rings. The Balaban J connectivity index is 2.20. The van der Waals surface area contributed by atoms with Gasteiger partial charge in [-0.1, -0.05) is 31.2 Å². The Morgan fingerprint density at radius 2 is 1.12 bits per heavy atom. The smallest absolute Gasteiger partial charge is 0.326 e. The van der Waals surface area contributed by atoms with Gasteiger partial charge in [0, 0.05) is 77.2 Å². The summed E-state index contributed by atoms with van der Waals surface area (Å²) >= 11 is 2.07. The number of carbonyl (C=O) groups excluding carboxylic acids is 6. The Morgan fingerprint density at radius 3 is 1.67 bits per heavy atom. The molecule has 0 aliphatic rings. The molecule has 2 rings (SSSR count). The first-order valence-electron chi connectivity index (χ1n) is 18.6. The number of amides is 3. The topological polar surface area (TPSA) is 288 Å². The molecule has 3 amide bonds. The molecule has 2 aromatic carbocycles. The van der Waals surface area contributed by atoms with Gasteiger partial charge in [-0.05, 0) is 85.4 Å². The van der Waals surface area contributed by atoms with E-state index in [4.69, 9.17) is 0 Å². The van der Waals surface area contributed by atoms with Crippen molar-refractivity contribution in [3.8, 4) is 0 Å². The normalized spacial score (nSPS) is 12.9. The minimum Gasteiger partial charge on any atom is -0.481 e. The third-order valence-corrected chi connectivity index (χ3v) is 9.79. The zero-order valence-electron chi connectivity index (χ0n) is 31.9. The third-order valence-electron chi connectivity index (χ3n) is 9.12. The minimum absolute atomic E-state index is 0.0767. The summed E-state index contributed by atoms with van der Waals surface area (Å²) < 4.78 is 0.866. The fourth-order valence-corrected chi connectivity index (χ4v) is 6.41. The van der Waals surface area contributed by atoms with Crippen molar-refractivity contribution in [1.82, 2.24) is 16.0 Å². The SMILES string of the molecule is CCC(=O)c1cccc(C(=O)C[C@H](CCC(=O)O)C(=O)N[C@H](CCC(=O)O)C(=O)C[C@H](CCC(=O)O)C(=O)N[C@H](CCCCNC(=O)c2cccc(I)c2)C(=O)O)c1. The zero-order chi connectivity index (χ0) is 43.4. The first-order chi connectivity index (χ1) is 27.4. The van der Waals surface area contributed by atoms with Gasteiger partial charge in [0.1, 0.15) is 6.04 Å². The van der Waals surface area contributed by atoms with E-state index in [1.807, 2.05) is 6.07 Å². The van der Waals surface area contributed by atoms with E-state index in [2.05, 4.69) is 38.5 Å². The average Bonchev–Trinajstić information content (AvgIpc) is 3.17. The van der Waals surface area contributed by atoms with Crippen LogP contribution in [0, 0.1) is 15.4 Å². The van der Waals surface area contributed by atoms with E-state index in [1.54, 1.807) is 25.1 Å². The number of Topliss-reactive ketones (excluding diaryl/α,β-unsaturated/α-hetero) is 3.